The van der Waals surface area contributed by atoms with Gasteiger partial charge in [0.1, 0.15) is 12.4 Å². The molecule has 0 spiro atoms. The number of carbonyl (C=O) groups is 1. The van der Waals surface area contributed by atoms with E-state index in [1.165, 1.54) is 0 Å². The van der Waals surface area contributed by atoms with Gasteiger partial charge in [0.05, 0.1) is 6.26 Å². The minimum absolute atomic E-state index is 0.265. The summed E-state index contributed by atoms with van der Waals surface area (Å²) in [6, 6.07) is 23.1. The van der Waals surface area contributed by atoms with Gasteiger partial charge in [0.2, 0.25) is 10.0 Å². The lowest BCUT2D eigenvalue weighted by molar-refractivity contribution is 0.102. The van der Waals surface area contributed by atoms with Crippen LogP contribution in [0.5, 0.6) is 5.75 Å². The van der Waals surface area contributed by atoms with Crippen molar-refractivity contribution in [1.29, 1.82) is 0 Å². The van der Waals surface area contributed by atoms with E-state index in [0.29, 0.717) is 29.3 Å². The summed E-state index contributed by atoms with van der Waals surface area (Å²) in [7, 11) is -3.33. The first-order valence-electron chi connectivity index (χ1n) is 8.55. The highest BCUT2D eigenvalue weighted by molar-refractivity contribution is 7.92. The molecule has 7 heteroatoms. The van der Waals surface area contributed by atoms with Gasteiger partial charge < -0.3 is 10.1 Å². The molecule has 0 saturated carbocycles. The molecule has 0 aliphatic heterocycles. The lowest BCUT2D eigenvalue weighted by Gasteiger charge is -2.09. The van der Waals surface area contributed by atoms with Gasteiger partial charge in [-0.25, -0.2) is 8.42 Å². The molecule has 6 nitrogen and oxygen atoms in total. The van der Waals surface area contributed by atoms with Crippen molar-refractivity contribution in [3.05, 3.63) is 90.0 Å². The molecular weight excluding hydrogens is 376 g/mol. The van der Waals surface area contributed by atoms with Crippen molar-refractivity contribution in [2.45, 2.75) is 6.61 Å². The molecule has 0 atom stereocenters. The fourth-order valence-electron chi connectivity index (χ4n) is 2.48. The second-order valence-corrected chi connectivity index (χ2v) is 7.95. The van der Waals surface area contributed by atoms with E-state index < -0.39 is 10.0 Å². The second kappa shape index (κ2) is 8.58. The van der Waals surface area contributed by atoms with E-state index in [9.17, 15) is 13.2 Å². The van der Waals surface area contributed by atoms with E-state index >= 15 is 0 Å². The Morgan fingerprint density at radius 3 is 2.07 bits per heavy atom. The molecule has 0 unspecified atom stereocenters. The molecule has 2 N–H and O–H groups in total. The van der Waals surface area contributed by atoms with Crippen LogP contribution in [-0.4, -0.2) is 20.6 Å². The van der Waals surface area contributed by atoms with Crippen molar-refractivity contribution in [3.63, 3.8) is 0 Å². The molecular formula is C21H20N2O4S. The number of rotatable bonds is 7. The third-order valence-corrected chi connectivity index (χ3v) is 4.42. The van der Waals surface area contributed by atoms with Gasteiger partial charge in [-0.1, -0.05) is 30.3 Å². The number of hydrogen-bond donors (Lipinski definition) is 2. The lowest BCUT2D eigenvalue weighted by atomic mass is 10.2. The molecule has 0 saturated heterocycles. The van der Waals surface area contributed by atoms with Crippen molar-refractivity contribution in [2.75, 3.05) is 16.3 Å². The van der Waals surface area contributed by atoms with Gasteiger partial charge in [-0.15, -0.1) is 0 Å². The zero-order valence-electron chi connectivity index (χ0n) is 15.3. The molecule has 0 fully saturated rings. The normalized spacial score (nSPS) is 10.9. The third kappa shape index (κ3) is 5.85. The summed E-state index contributed by atoms with van der Waals surface area (Å²) in [6.45, 7) is 0.459. The maximum Gasteiger partial charge on any atom is 0.255 e. The summed E-state index contributed by atoms with van der Waals surface area (Å²) < 4.78 is 30.5. The smallest absolute Gasteiger partial charge is 0.255 e. The van der Waals surface area contributed by atoms with Crippen molar-refractivity contribution < 1.29 is 17.9 Å². The number of sulfonamides is 1. The highest BCUT2D eigenvalue weighted by Gasteiger charge is 2.07. The number of ether oxygens (including phenoxy) is 1. The first kappa shape index (κ1) is 19.4. The molecule has 28 heavy (non-hydrogen) atoms. The quantitative estimate of drug-likeness (QED) is 0.635. The van der Waals surface area contributed by atoms with Crippen molar-refractivity contribution in [1.82, 2.24) is 0 Å². The van der Waals surface area contributed by atoms with E-state index in [0.717, 1.165) is 11.8 Å². The average Bonchev–Trinajstić information content (AvgIpc) is 2.68. The van der Waals surface area contributed by atoms with E-state index in [-0.39, 0.29) is 5.91 Å². The summed E-state index contributed by atoms with van der Waals surface area (Å²) in [6.07, 6.45) is 1.08. The standard InChI is InChI=1S/C21H20N2O4S/c1-28(25,26)23-19-11-9-18(10-12-19)22-21(24)17-7-13-20(14-8-17)27-15-16-5-3-2-4-6-16/h2-14,23H,15H2,1H3,(H,22,24). The molecule has 3 aromatic carbocycles. The van der Waals surface area contributed by atoms with Crippen LogP contribution in [0.4, 0.5) is 11.4 Å². The number of benzene rings is 3. The third-order valence-electron chi connectivity index (χ3n) is 3.81. The van der Waals surface area contributed by atoms with Crippen LogP contribution in [0, 0.1) is 0 Å². The maximum absolute atomic E-state index is 12.4. The average molecular weight is 396 g/mol. The predicted octanol–water partition coefficient (Wildman–Crippen LogP) is 3.89. The van der Waals surface area contributed by atoms with Gasteiger partial charge in [-0.05, 0) is 54.1 Å². The first-order chi connectivity index (χ1) is 13.4. The Balaban J connectivity index is 1.57. The summed E-state index contributed by atoms with van der Waals surface area (Å²) >= 11 is 0. The molecule has 0 aliphatic carbocycles. The van der Waals surface area contributed by atoms with Crippen LogP contribution in [0.3, 0.4) is 0 Å². The van der Waals surface area contributed by atoms with Crippen molar-refractivity contribution in [2.24, 2.45) is 0 Å². The molecule has 0 bridgehead atoms. The zero-order valence-corrected chi connectivity index (χ0v) is 16.1. The number of hydrogen-bond acceptors (Lipinski definition) is 4. The Hall–Kier alpha value is -3.32. The van der Waals surface area contributed by atoms with Gasteiger partial charge in [-0.2, -0.15) is 0 Å². The Kier molecular flexibility index (Phi) is 5.96. The van der Waals surface area contributed by atoms with Gasteiger partial charge >= 0.3 is 0 Å². The summed E-state index contributed by atoms with van der Waals surface area (Å²) in [5, 5.41) is 2.77. The number of anilines is 2. The minimum atomic E-state index is -3.33. The highest BCUT2D eigenvalue weighted by Crippen LogP contribution is 2.18. The van der Waals surface area contributed by atoms with Crippen LogP contribution in [0.15, 0.2) is 78.9 Å². The number of nitrogens with one attached hydrogen (secondary N) is 2. The monoisotopic (exact) mass is 396 g/mol. The lowest BCUT2D eigenvalue weighted by Crippen LogP contribution is -2.12. The Labute approximate surface area is 164 Å². The predicted molar refractivity (Wildman–Crippen MR) is 110 cm³/mol. The molecule has 1 amide bonds. The largest absolute Gasteiger partial charge is 0.489 e. The van der Waals surface area contributed by atoms with Gasteiger partial charge in [0.15, 0.2) is 0 Å². The van der Waals surface area contributed by atoms with Crippen molar-refractivity contribution >= 4 is 27.3 Å². The van der Waals surface area contributed by atoms with E-state index in [1.54, 1.807) is 48.5 Å². The molecule has 0 heterocycles. The molecule has 144 valence electrons. The maximum atomic E-state index is 12.4. The van der Waals surface area contributed by atoms with Gasteiger partial charge in [-0.3, -0.25) is 9.52 Å². The molecule has 3 aromatic rings. The highest BCUT2D eigenvalue weighted by atomic mass is 32.2. The Morgan fingerprint density at radius 2 is 1.46 bits per heavy atom. The zero-order chi connectivity index (χ0) is 20.0. The summed E-state index contributed by atoms with van der Waals surface area (Å²) in [5.41, 5.74) is 2.55. The van der Waals surface area contributed by atoms with Crippen molar-refractivity contribution in [3.8, 4) is 5.75 Å². The minimum Gasteiger partial charge on any atom is -0.489 e. The Bertz CT molecular complexity index is 1030. The van der Waals surface area contributed by atoms with Crippen LogP contribution in [-0.2, 0) is 16.6 Å². The molecule has 0 aromatic heterocycles. The van der Waals surface area contributed by atoms with Crippen LogP contribution in [0.25, 0.3) is 0 Å². The second-order valence-electron chi connectivity index (χ2n) is 6.20. The molecule has 0 radical (unpaired) electrons. The van der Waals surface area contributed by atoms with Crippen LogP contribution >= 0.6 is 0 Å². The topological polar surface area (TPSA) is 84.5 Å². The number of amides is 1. The number of carbonyl (C=O) groups excluding carboxylic acids is 1. The summed E-state index contributed by atoms with van der Waals surface area (Å²) in [4.78, 5) is 12.4. The molecule has 0 aliphatic rings. The van der Waals surface area contributed by atoms with E-state index in [4.69, 9.17) is 4.74 Å². The first-order valence-corrected chi connectivity index (χ1v) is 10.4. The van der Waals surface area contributed by atoms with Crippen LogP contribution < -0.4 is 14.8 Å². The fraction of sp³-hybridized carbons (Fsp3) is 0.0952. The Morgan fingerprint density at radius 1 is 0.857 bits per heavy atom. The van der Waals surface area contributed by atoms with E-state index in [1.807, 2.05) is 30.3 Å². The van der Waals surface area contributed by atoms with Gasteiger partial charge in [0.25, 0.3) is 5.91 Å². The van der Waals surface area contributed by atoms with Crippen LogP contribution in [0.2, 0.25) is 0 Å². The SMILES string of the molecule is CS(=O)(=O)Nc1ccc(NC(=O)c2ccc(OCc3ccccc3)cc2)cc1. The van der Waals surface area contributed by atoms with Crippen LogP contribution in [0.1, 0.15) is 15.9 Å². The van der Waals surface area contributed by atoms with E-state index in [2.05, 4.69) is 10.0 Å². The summed E-state index contributed by atoms with van der Waals surface area (Å²) in [5.74, 6) is 0.412. The molecule has 3 rings (SSSR count). The van der Waals surface area contributed by atoms with Gasteiger partial charge in [0, 0.05) is 16.9 Å². The fourth-order valence-corrected chi connectivity index (χ4v) is 3.05.